The van der Waals surface area contributed by atoms with Crippen molar-refractivity contribution in [2.45, 2.75) is 31.1 Å². The molecule has 2 rings (SSSR count). The van der Waals surface area contributed by atoms with Gasteiger partial charge < -0.3 is 5.32 Å². The van der Waals surface area contributed by atoms with Crippen molar-refractivity contribution >= 4 is 26.6 Å². The van der Waals surface area contributed by atoms with Crippen LogP contribution in [0, 0.1) is 0 Å². The Balaban J connectivity index is 2.45. The van der Waals surface area contributed by atoms with Crippen LogP contribution in [0.25, 0.3) is 10.8 Å². The minimum atomic E-state index is -4.23. The Morgan fingerprint density at radius 1 is 1.10 bits per heavy atom. The molecule has 0 spiro atoms. The van der Waals surface area contributed by atoms with Gasteiger partial charge in [-0.05, 0) is 17.9 Å². The van der Waals surface area contributed by atoms with Crippen molar-refractivity contribution < 1.29 is 13.0 Å². The highest BCUT2D eigenvalue weighted by molar-refractivity contribution is 7.86. The first kappa shape index (κ1) is 14.8. The van der Waals surface area contributed by atoms with E-state index in [4.69, 9.17) is 0 Å². The van der Waals surface area contributed by atoms with Crippen LogP contribution in [0.3, 0.4) is 0 Å². The maximum absolute atomic E-state index is 11.5. The third kappa shape index (κ3) is 3.29. The summed E-state index contributed by atoms with van der Waals surface area (Å²) in [6.07, 6.45) is 3.14. The number of hydrogen-bond donors (Lipinski definition) is 2. The zero-order valence-electron chi connectivity index (χ0n) is 11.5. The zero-order chi connectivity index (χ0) is 14.6. The number of nitrogens with one attached hydrogen (secondary N) is 1. The first-order valence-corrected chi connectivity index (χ1v) is 8.21. The van der Waals surface area contributed by atoms with Crippen molar-refractivity contribution in [2.75, 3.05) is 11.9 Å². The van der Waals surface area contributed by atoms with E-state index in [1.165, 1.54) is 6.07 Å². The van der Waals surface area contributed by atoms with Crippen molar-refractivity contribution in [1.29, 1.82) is 0 Å². The molecule has 0 amide bonds. The highest BCUT2D eigenvalue weighted by atomic mass is 32.2. The number of anilines is 1. The molecule has 2 N–H and O–H groups in total. The highest BCUT2D eigenvalue weighted by Crippen LogP contribution is 2.30. The smallest absolute Gasteiger partial charge is 0.296 e. The minimum Gasteiger partial charge on any atom is -0.383 e. The second-order valence-corrected chi connectivity index (χ2v) is 6.16. The molecule has 0 heterocycles. The Hall–Kier alpha value is -1.59. The molecule has 0 fully saturated rings. The lowest BCUT2D eigenvalue weighted by Crippen LogP contribution is -2.08. The molecule has 20 heavy (non-hydrogen) atoms. The quantitative estimate of drug-likeness (QED) is 0.629. The first-order valence-electron chi connectivity index (χ1n) is 6.77. The average molecular weight is 293 g/mol. The van der Waals surface area contributed by atoms with Gasteiger partial charge in [-0.25, -0.2) is 0 Å². The first-order chi connectivity index (χ1) is 9.54. The molecule has 0 aromatic heterocycles. The fraction of sp³-hybridized carbons (Fsp3) is 0.333. The van der Waals surface area contributed by atoms with Crippen LogP contribution in [-0.4, -0.2) is 19.5 Å². The maximum Gasteiger partial charge on any atom is 0.296 e. The van der Waals surface area contributed by atoms with E-state index >= 15 is 0 Å². The van der Waals surface area contributed by atoms with Crippen molar-refractivity contribution in [1.82, 2.24) is 0 Å². The van der Waals surface area contributed by atoms with Gasteiger partial charge in [-0.15, -0.1) is 0 Å². The second kappa shape index (κ2) is 6.24. The molecule has 0 saturated heterocycles. The number of rotatable bonds is 6. The van der Waals surface area contributed by atoms with E-state index in [-0.39, 0.29) is 4.90 Å². The predicted octanol–water partition coefficient (Wildman–Crippen LogP) is 3.69. The fourth-order valence-electron chi connectivity index (χ4n) is 2.24. The molecule has 0 unspecified atom stereocenters. The van der Waals surface area contributed by atoms with Gasteiger partial charge in [0, 0.05) is 11.9 Å². The largest absolute Gasteiger partial charge is 0.383 e. The number of unbranched alkanes of at least 4 members (excludes halogenated alkanes) is 2. The Kier molecular flexibility index (Phi) is 4.62. The summed E-state index contributed by atoms with van der Waals surface area (Å²) in [4.78, 5) is -0.0623. The molecule has 4 nitrogen and oxygen atoms in total. The van der Waals surface area contributed by atoms with E-state index in [1.54, 1.807) is 6.07 Å². The number of hydrogen-bond acceptors (Lipinski definition) is 3. The van der Waals surface area contributed by atoms with Crippen LogP contribution in [0.1, 0.15) is 26.2 Å². The number of benzene rings is 2. The van der Waals surface area contributed by atoms with Gasteiger partial charge in [-0.1, -0.05) is 50.1 Å². The summed E-state index contributed by atoms with van der Waals surface area (Å²) >= 11 is 0. The monoisotopic (exact) mass is 293 g/mol. The van der Waals surface area contributed by atoms with Crippen LogP contribution in [0.5, 0.6) is 0 Å². The third-order valence-corrected chi connectivity index (χ3v) is 4.15. The topological polar surface area (TPSA) is 66.4 Å². The summed E-state index contributed by atoms with van der Waals surface area (Å²) in [5.41, 5.74) is 0.488. The molecule has 2 aromatic rings. The fourth-order valence-corrected chi connectivity index (χ4v) is 2.92. The Labute approximate surface area is 119 Å². The molecule has 5 heteroatoms. The molecule has 0 saturated carbocycles. The van der Waals surface area contributed by atoms with Crippen LogP contribution < -0.4 is 5.32 Å². The number of fused-ring (bicyclic) bond motifs is 1. The third-order valence-electron chi connectivity index (χ3n) is 3.25. The normalized spacial score (nSPS) is 11.7. The van der Waals surface area contributed by atoms with Gasteiger partial charge in [0.2, 0.25) is 0 Å². The van der Waals surface area contributed by atoms with E-state index in [0.29, 0.717) is 12.2 Å². The molecule has 108 valence electrons. The van der Waals surface area contributed by atoms with Crippen molar-refractivity contribution in [2.24, 2.45) is 0 Å². The van der Waals surface area contributed by atoms with E-state index in [9.17, 15) is 13.0 Å². The summed E-state index contributed by atoms with van der Waals surface area (Å²) in [6.45, 7) is 2.80. The van der Waals surface area contributed by atoms with E-state index in [2.05, 4.69) is 12.2 Å². The van der Waals surface area contributed by atoms with Crippen LogP contribution in [0.4, 0.5) is 5.69 Å². The summed E-state index contributed by atoms with van der Waals surface area (Å²) in [7, 11) is -4.23. The van der Waals surface area contributed by atoms with Crippen LogP contribution >= 0.6 is 0 Å². The summed E-state index contributed by atoms with van der Waals surface area (Å²) in [5.74, 6) is 0. The van der Waals surface area contributed by atoms with Gasteiger partial charge in [0.25, 0.3) is 10.1 Å². The van der Waals surface area contributed by atoms with Gasteiger partial charge in [0.15, 0.2) is 0 Å². The molecule has 0 radical (unpaired) electrons. The van der Waals surface area contributed by atoms with E-state index in [0.717, 1.165) is 30.0 Å². The van der Waals surface area contributed by atoms with Gasteiger partial charge >= 0.3 is 0 Å². The summed E-state index contributed by atoms with van der Waals surface area (Å²) < 4.78 is 32.4. The molecule has 0 aliphatic heterocycles. The van der Waals surface area contributed by atoms with Crippen molar-refractivity contribution in [3.63, 3.8) is 0 Å². The van der Waals surface area contributed by atoms with E-state index < -0.39 is 10.1 Å². The Bertz CT molecular complexity index is 695. The molecular weight excluding hydrogens is 274 g/mol. The second-order valence-electron chi connectivity index (χ2n) is 4.77. The predicted molar refractivity (Wildman–Crippen MR) is 81.8 cm³/mol. The van der Waals surface area contributed by atoms with Gasteiger partial charge in [0.1, 0.15) is 4.90 Å². The zero-order valence-corrected chi connectivity index (χ0v) is 12.3. The summed E-state index contributed by atoms with van der Waals surface area (Å²) in [5, 5.41) is 4.91. The summed E-state index contributed by atoms with van der Waals surface area (Å²) in [6, 6.07) is 10.7. The standard InChI is InChI=1S/C15H19NO3S/c1-2-3-6-11-16-15-13-8-5-4-7-12(13)9-10-14(15)20(17,18)19/h4-5,7-10,16H,2-3,6,11H2,1H3,(H,17,18,19). The van der Waals surface area contributed by atoms with Gasteiger partial charge in [0.05, 0.1) is 5.69 Å². The van der Waals surface area contributed by atoms with Crippen LogP contribution in [-0.2, 0) is 10.1 Å². The van der Waals surface area contributed by atoms with Gasteiger partial charge in [-0.2, -0.15) is 8.42 Å². The van der Waals surface area contributed by atoms with Crippen molar-refractivity contribution in [3.8, 4) is 0 Å². The molecular formula is C15H19NO3S. The SMILES string of the molecule is CCCCCNc1c(S(=O)(=O)O)ccc2ccccc12. The van der Waals surface area contributed by atoms with Crippen LogP contribution in [0.15, 0.2) is 41.3 Å². The maximum atomic E-state index is 11.5. The average Bonchev–Trinajstić information content (AvgIpc) is 2.42. The van der Waals surface area contributed by atoms with Gasteiger partial charge in [-0.3, -0.25) is 4.55 Å². The van der Waals surface area contributed by atoms with E-state index in [1.807, 2.05) is 24.3 Å². The van der Waals surface area contributed by atoms with Crippen molar-refractivity contribution in [3.05, 3.63) is 36.4 Å². The Morgan fingerprint density at radius 2 is 1.85 bits per heavy atom. The molecule has 0 aliphatic carbocycles. The van der Waals surface area contributed by atoms with Crippen LogP contribution in [0.2, 0.25) is 0 Å². The minimum absolute atomic E-state index is 0.0623. The lowest BCUT2D eigenvalue weighted by molar-refractivity contribution is 0.483. The molecule has 0 atom stereocenters. The molecule has 2 aromatic carbocycles. The highest BCUT2D eigenvalue weighted by Gasteiger charge is 2.17. The lowest BCUT2D eigenvalue weighted by atomic mass is 10.1. The molecule has 0 bridgehead atoms. The Morgan fingerprint density at radius 3 is 2.55 bits per heavy atom. The lowest BCUT2D eigenvalue weighted by Gasteiger charge is -2.13. The molecule has 0 aliphatic rings.